The van der Waals surface area contributed by atoms with Crippen molar-refractivity contribution in [1.82, 2.24) is 19.7 Å². The maximum atomic E-state index is 4.25. The first kappa shape index (κ1) is 12.3. The number of nitrogens with zero attached hydrogens (tertiary/aromatic N) is 4. The summed E-state index contributed by atoms with van der Waals surface area (Å²) >= 11 is 0. The highest BCUT2D eigenvalue weighted by molar-refractivity contribution is 5.56. The van der Waals surface area contributed by atoms with Crippen LogP contribution in [0.4, 0.5) is 11.6 Å². The quantitative estimate of drug-likeness (QED) is 0.809. The van der Waals surface area contributed by atoms with Gasteiger partial charge in [0, 0.05) is 31.0 Å². The van der Waals surface area contributed by atoms with Crippen molar-refractivity contribution in [2.45, 2.75) is 20.4 Å². The van der Waals surface area contributed by atoms with Crippen molar-refractivity contribution in [3.63, 3.8) is 0 Å². The second kappa shape index (κ2) is 6.00. The van der Waals surface area contributed by atoms with Crippen LogP contribution >= 0.6 is 0 Å². The van der Waals surface area contributed by atoms with E-state index in [2.05, 4.69) is 25.7 Å². The molecule has 2 heterocycles. The van der Waals surface area contributed by atoms with Gasteiger partial charge in [-0.15, -0.1) is 0 Å². The van der Waals surface area contributed by atoms with Gasteiger partial charge in [-0.25, -0.2) is 9.97 Å². The molecule has 0 radical (unpaired) electrons. The van der Waals surface area contributed by atoms with Gasteiger partial charge in [-0.1, -0.05) is 0 Å². The molecule has 96 valence electrons. The maximum Gasteiger partial charge on any atom is 0.134 e. The number of nitrogens with one attached hydrogen (secondary N) is 2. The summed E-state index contributed by atoms with van der Waals surface area (Å²) in [6, 6.07) is 1.92. The third-order valence-corrected chi connectivity index (χ3v) is 2.62. The van der Waals surface area contributed by atoms with Crippen LogP contribution in [0.25, 0.3) is 0 Å². The standard InChI is InChI=1S/C12H18N6/c1-3-13-11-10(2)12(16-9-15-11)14-6-8-18-7-4-5-17-18/h4-5,7,9H,3,6,8H2,1-2H3,(H2,13,14,15,16). The predicted octanol–water partition coefficient (Wildman–Crippen LogP) is 1.53. The number of anilines is 2. The molecule has 0 saturated carbocycles. The van der Waals surface area contributed by atoms with E-state index in [0.717, 1.165) is 36.8 Å². The Morgan fingerprint density at radius 2 is 2.00 bits per heavy atom. The van der Waals surface area contributed by atoms with E-state index in [1.807, 2.05) is 30.8 Å². The van der Waals surface area contributed by atoms with Crippen LogP contribution in [0.1, 0.15) is 12.5 Å². The lowest BCUT2D eigenvalue weighted by atomic mass is 10.3. The molecule has 0 fully saturated rings. The van der Waals surface area contributed by atoms with Crippen LogP contribution < -0.4 is 10.6 Å². The Hall–Kier alpha value is -2.11. The zero-order chi connectivity index (χ0) is 12.8. The smallest absolute Gasteiger partial charge is 0.134 e. The lowest BCUT2D eigenvalue weighted by molar-refractivity contribution is 0.637. The van der Waals surface area contributed by atoms with Crippen molar-refractivity contribution in [3.05, 3.63) is 30.4 Å². The van der Waals surface area contributed by atoms with E-state index >= 15 is 0 Å². The van der Waals surface area contributed by atoms with Crippen LogP contribution in [0, 0.1) is 6.92 Å². The zero-order valence-electron chi connectivity index (χ0n) is 10.7. The van der Waals surface area contributed by atoms with Crippen molar-refractivity contribution in [2.75, 3.05) is 23.7 Å². The first-order chi connectivity index (χ1) is 8.81. The van der Waals surface area contributed by atoms with E-state index < -0.39 is 0 Å². The Kier molecular flexibility index (Phi) is 4.11. The molecule has 0 bridgehead atoms. The summed E-state index contributed by atoms with van der Waals surface area (Å²) in [5.41, 5.74) is 1.04. The van der Waals surface area contributed by atoms with E-state index in [4.69, 9.17) is 0 Å². The molecule has 0 spiro atoms. The molecular formula is C12H18N6. The van der Waals surface area contributed by atoms with Crippen molar-refractivity contribution >= 4 is 11.6 Å². The lowest BCUT2D eigenvalue weighted by Gasteiger charge is -2.11. The Labute approximate surface area is 106 Å². The summed E-state index contributed by atoms with van der Waals surface area (Å²) < 4.78 is 1.88. The second-order valence-corrected chi connectivity index (χ2v) is 3.92. The van der Waals surface area contributed by atoms with Crippen LogP contribution in [0.2, 0.25) is 0 Å². The molecule has 2 aromatic heterocycles. The highest BCUT2D eigenvalue weighted by atomic mass is 15.3. The number of hydrogen-bond acceptors (Lipinski definition) is 5. The van der Waals surface area contributed by atoms with Crippen LogP contribution in [-0.2, 0) is 6.54 Å². The molecule has 2 N–H and O–H groups in total. The largest absolute Gasteiger partial charge is 0.370 e. The third-order valence-electron chi connectivity index (χ3n) is 2.62. The van der Waals surface area contributed by atoms with Crippen molar-refractivity contribution in [3.8, 4) is 0 Å². The minimum atomic E-state index is 0.783. The molecule has 0 aliphatic carbocycles. The summed E-state index contributed by atoms with van der Waals surface area (Å²) in [5.74, 6) is 1.75. The average molecular weight is 246 g/mol. The SMILES string of the molecule is CCNc1ncnc(NCCn2cccn2)c1C. The van der Waals surface area contributed by atoms with Gasteiger partial charge in [0.2, 0.25) is 0 Å². The molecule has 0 aliphatic rings. The van der Waals surface area contributed by atoms with Crippen molar-refractivity contribution in [1.29, 1.82) is 0 Å². The Morgan fingerprint density at radius 3 is 2.67 bits per heavy atom. The van der Waals surface area contributed by atoms with Gasteiger partial charge in [0.25, 0.3) is 0 Å². The van der Waals surface area contributed by atoms with Crippen molar-refractivity contribution < 1.29 is 0 Å². The highest BCUT2D eigenvalue weighted by Crippen LogP contribution is 2.17. The Bertz CT molecular complexity index is 479. The fourth-order valence-electron chi connectivity index (χ4n) is 1.70. The minimum Gasteiger partial charge on any atom is -0.370 e. The molecule has 2 rings (SSSR count). The van der Waals surface area contributed by atoms with E-state index in [0.29, 0.717) is 0 Å². The molecule has 0 saturated heterocycles. The molecule has 0 atom stereocenters. The first-order valence-electron chi connectivity index (χ1n) is 6.08. The van der Waals surface area contributed by atoms with Gasteiger partial charge in [-0.2, -0.15) is 5.10 Å². The minimum absolute atomic E-state index is 0.783. The topological polar surface area (TPSA) is 67.7 Å². The summed E-state index contributed by atoms with van der Waals surface area (Å²) in [6.45, 7) is 6.50. The third kappa shape index (κ3) is 2.97. The van der Waals surface area contributed by atoms with Gasteiger partial charge in [-0.3, -0.25) is 4.68 Å². The summed E-state index contributed by atoms with van der Waals surface area (Å²) in [6.07, 6.45) is 5.29. The Morgan fingerprint density at radius 1 is 1.22 bits per heavy atom. The fraction of sp³-hybridized carbons (Fsp3) is 0.417. The number of rotatable bonds is 6. The average Bonchev–Trinajstić information content (AvgIpc) is 2.87. The normalized spacial score (nSPS) is 10.3. The highest BCUT2D eigenvalue weighted by Gasteiger charge is 2.05. The first-order valence-corrected chi connectivity index (χ1v) is 6.08. The molecule has 6 nitrogen and oxygen atoms in total. The number of hydrogen-bond donors (Lipinski definition) is 2. The van der Waals surface area contributed by atoms with E-state index in [-0.39, 0.29) is 0 Å². The molecule has 18 heavy (non-hydrogen) atoms. The molecule has 0 aliphatic heterocycles. The van der Waals surface area contributed by atoms with Gasteiger partial charge in [0.15, 0.2) is 0 Å². The van der Waals surface area contributed by atoms with Gasteiger partial charge < -0.3 is 10.6 Å². The van der Waals surface area contributed by atoms with E-state index in [1.54, 1.807) is 12.5 Å². The molecule has 0 amide bonds. The molecule has 0 aromatic carbocycles. The summed E-state index contributed by atoms with van der Waals surface area (Å²) in [5, 5.41) is 10.7. The molecule has 0 unspecified atom stereocenters. The van der Waals surface area contributed by atoms with Crippen LogP contribution in [0.3, 0.4) is 0 Å². The Balaban J connectivity index is 1.94. The molecule has 2 aromatic rings. The van der Waals surface area contributed by atoms with Gasteiger partial charge in [-0.05, 0) is 19.9 Å². The van der Waals surface area contributed by atoms with Crippen molar-refractivity contribution in [2.24, 2.45) is 0 Å². The van der Waals surface area contributed by atoms with Crippen LogP contribution in [0.5, 0.6) is 0 Å². The van der Waals surface area contributed by atoms with Gasteiger partial charge in [0.1, 0.15) is 18.0 Å². The number of aromatic nitrogens is 4. The van der Waals surface area contributed by atoms with E-state index in [1.165, 1.54) is 0 Å². The summed E-state index contributed by atoms with van der Waals surface area (Å²) in [7, 11) is 0. The van der Waals surface area contributed by atoms with Crippen LogP contribution in [-0.4, -0.2) is 32.8 Å². The van der Waals surface area contributed by atoms with Crippen LogP contribution in [0.15, 0.2) is 24.8 Å². The fourth-order valence-corrected chi connectivity index (χ4v) is 1.70. The second-order valence-electron chi connectivity index (χ2n) is 3.92. The van der Waals surface area contributed by atoms with E-state index in [9.17, 15) is 0 Å². The molecular weight excluding hydrogens is 228 g/mol. The summed E-state index contributed by atoms with van der Waals surface area (Å²) in [4.78, 5) is 8.46. The van der Waals surface area contributed by atoms with Gasteiger partial charge in [0.05, 0.1) is 6.54 Å². The molecule has 6 heteroatoms. The maximum absolute atomic E-state index is 4.25. The predicted molar refractivity (Wildman–Crippen MR) is 71.6 cm³/mol. The lowest BCUT2D eigenvalue weighted by Crippen LogP contribution is -2.13. The monoisotopic (exact) mass is 246 g/mol. The zero-order valence-corrected chi connectivity index (χ0v) is 10.7. The van der Waals surface area contributed by atoms with Gasteiger partial charge >= 0.3 is 0 Å².